The molecule has 0 heterocycles. The molecule has 24 heavy (non-hydrogen) atoms. The molecule has 1 N–H and O–H groups in total. The maximum Gasteiger partial charge on any atom is 0.220 e. The van der Waals surface area contributed by atoms with Crippen molar-refractivity contribution in [2.75, 3.05) is 19.4 Å². The Balaban J connectivity index is 1.56. The SMILES string of the molecule is COc1ccc(CCC(=O)NCCSCc2ccc(C)cc2)cc1. The molecular weight excluding hydrogens is 318 g/mol. The van der Waals surface area contributed by atoms with E-state index in [1.54, 1.807) is 7.11 Å². The molecule has 0 bridgehead atoms. The molecule has 0 saturated heterocycles. The lowest BCUT2D eigenvalue weighted by molar-refractivity contribution is -0.120. The summed E-state index contributed by atoms with van der Waals surface area (Å²) >= 11 is 1.84. The van der Waals surface area contributed by atoms with Gasteiger partial charge in [-0.2, -0.15) is 11.8 Å². The lowest BCUT2D eigenvalue weighted by atomic mass is 10.1. The second kappa shape index (κ2) is 10.0. The Morgan fingerprint density at radius 2 is 1.71 bits per heavy atom. The smallest absolute Gasteiger partial charge is 0.220 e. The van der Waals surface area contributed by atoms with Crippen molar-refractivity contribution in [1.29, 1.82) is 0 Å². The highest BCUT2D eigenvalue weighted by Crippen LogP contribution is 2.13. The van der Waals surface area contributed by atoms with Crippen molar-refractivity contribution in [3.05, 3.63) is 65.2 Å². The van der Waals surface area contributed by atoms with E-state index in [2.05, 4.69) is 36.5 Å². The van der Waals surface area contributed by atoms with E-state index in [-0.39, 0.29) is 5.91 Å². The van der Waals surface area contributed by atoms with Gasteiger partial charge in [0, 0.05) is 24.5 Å². The Bertz CT molecular complexity index is 623. The van der Waals surface area contributed by atoms with E-state index in [9.17, 15) is 4.79 Å². The molecule has 0 saturated carbocycles. The minimum Gasteiger partial charge on any atom is -0.497 e. The minimum absolute atomic E-state index is 0.113. The van der Waals surface area contributed by atoms with Crippen molar-refractivity contribution in [1.82, 2.24) is 5.32 Å². The molecule has 0 fully saturated rings. The second-order valence-electron chi connectivity index (χ2n) is 5.74. The highest BCUT2D eigenvalue weighted by atomic mass is 32.2. The topological polar surface area (TPSA) is 38.3 Å². The molecule has 4 heteroatoms. The molecule has 2 rings (SSSR count). The lowest BCUT2D eigenvalue weighted by Crippen LogP contribution is -2.25. The average molecular weight is 343 g/mol. The van der Waals surface area contributed by atoms with E-state index in [0.29, 0.717) is 6.42 Å². The van der Waals surface area contributed by atoms with E-state index < -0.39 is 0 Å². The molecule has 2 aromatic carbocycles. The summed E-state index contributed by atoms with van der Waals surface area (Å²) in [5, 5.41) is 2.99. The molecule has 0 atom stereocenters. The fourth-order valence-corrected chi connectivity index (χ4v) is 3.09. The van der Waals surface area contributed by atoms with Gasteiger partial charge in [0.2, 0.25) is 5.91 Å². The summed E-state index contributed by atoms with van der Waals surface area (Å²) in [6, 6.07) is 16.5. The van der Waals surface area contributed by atoms with Crippen LogP contribution in [0.25, 0.3) is 0 Å². The number of hydrogen-bond donors (Lipinski definition) is 1. The van der Waals surface area contributed by atoms with Crippen molar-refractivity contribution in [3.63, 3.8) is 0 Å². The highest BCUT2D eigenvalue weighted by Gasteiger charge is 2.02. The number of aryl methyl sites for hydroxylation is 2. The van der Waals surface area contributed by atoms with Crippen molar-refractivity contribution < 1.29 is 9.53 Å². The highest BCUT2D eigenvalue weighted by molar-refractivity contribution is 7.98. The van der Waals surface area contributed by atoms with Crippen LogP contribution < -0.4 is 10.1 Å². The number of carbonyl (C=O) groups is 1. The number of benzene rings is 2. The Morgan fingerprint density at radius 1 is 1.04 bits per heavy atom. The molecule has 0 aromatic heterocycles. The van der Waals surface area contributed by atoms with E-state index >= 15 is 0 Å². The Labute approximate surface area is 148 Å². The monoisotopic (exact) mass is 343 g/mol. The third-order valence-corrected chi connectivity index (χ3v) is 4.79. The van der Waals surface area contributed by atoms with Gasteiger partial charge in [0.15, 0.2) is 0 Å². The summed E-state index contributed by atoms with van der Waals surface area (Å²) in [6.07, 6.45) is 1.28. The number of nitrogens with one attached hydrogen (secondary N) is 1. The van der Waals surface area contributed by atoms with Crippen molar-refractivity contribution in [3.8, 4) is 5.75 Å². The zero-order valence-electron chi connectivity index (χ0n) is 14.4. The predicted molar refractivity (Wildman–Crippen MR) is 102 cm³/mol. The summed E-state index contributed by atoms with van der Waals surface area (Å²) in [5.41, 5.74) is 3.77. The van der Waals surface area contributed by atoms with Crippen LogP contribution in [0.5, 0.6) is 5.75 Å². The molecular formula is C20H25NO2S. The molecule has 0 unspecified atom stereocenters. The van der Waals surface area contributed by atoms with E-state index in [0.717, 1.165) is 35.8 Å². The molecule has 0 radical (unpaired) electrons. The number of methoxy groups -OCH3 is 1. The predicted octanol–water partition coefficient (Wildman–Crippen LogP) is 3.99. The second-order valence-corrected chi connectivity index (χ2v) is 6.84. The summed E-state index contributed by atoms with van der Waals surface area (Å²) < 4.78 is 5.13. The first kappa shape index (κ1) is 18.4. The summed E-state index contributed by atoms with van der Waals surface area (Å²) in [4.78, 5) is 11.9. The fourth-order valence-electron chi connectivity index (χ4n) is 2.28. The van der Waals surface area contributed by atoms with Gasteiger partial charge in [0.25, 0.3) is 0 Å². The van der Waals surface area contributed by atoms with Crippen LogP contribution >= 0.6 is 11.8 Å². The van der Waals surface area contributed by atoms with Crippen LogP contribution in [-0.2, 0) is 17.0 Å². The first-order chi connectivity index (χ1) is 11.7. The average Bonchev–Trinajstić information content (AvgIpc) is 2.61. The number of thioether (sulfide) groups is 1. The Morgan fingerprint density at radius 3 is 2.38 bits per heavy atom. The van der Waals surface area contributed by atoms with Crippen molar-refractivity contribution in [2.45, 2.75) is 25.5 Å². The van der Waals surface area contributed by atoms with Gasteiger partial charge in [-0.05, 0) is 36.6 Å². The van der Waals surface area contributed by atoms with Crippen LogP contribution in [-0.4, -0.2) is 25.3 Å². The number of amides is 1. The number of ether oxygens (including phenoxy) is 1. The number of carbonyl (C=O) groups excluding carboxylic acids is 1. The third-order valence-electron chi connectivity index (χ3n) is 3.76. The number of hydrogen-bond acceptors (Lipinski definition) is 3. The third kappa shape index (κ3) is 6.67. The van der Waals surface area contributed by atoms with Crippen LogP contribution in [0.15, 0.2) is 48.5 Å². The first-order valence-corrected chi connectivity index (χ1v) is 9.36. The standard InChI is InChI=1S/C20H25NO2S/c1-16-3-5-18(6-4-16)15-24-14-13-21-20(22)12-9-17-7-10-19(23-2)11-8-17/h3-8,10-11H,9,12-15H2,1-2H3,(H,21,22). The van der Waals surface area contributed by atoms with Gasteiger partial charge in [-0.25, -0.2) is 0 Å². The van der Waals surface area contributed by atoms with Crippen LogP contribution in [0.2, 0.25) is 0 Å². The summed E-state index contributed by atoms with van der Waals surface area (Å²) in [7, 11) is 1.65. The zero-order valence-corrected chi connectivity index (χ0v) is 15.2. The van der Waals surface area contributed by atoms with E-state index in [4.69, 9.17) is 4.74 Å². The van der Waals surface area contributed by atoms with Crippen molar-refractivity contribution >= 4 is 17.7 Å². The van der Waals surface area contributed by atoms with Gasteiger partial charge >= 0.3 is 0 Å². The normalized spacial score (nSPS) is 10.4. The summed E-state index contributed by atoms with van der Waals surface area (Å²) in [5.74, 6) is 2.88. The van der Waals surface area contributed by atoms with E-state index in [1.807, 2.05) is 36.0 Å². The maximum atomic E-state index is 11.9. The molecule has 0 aliphatic carbocycles. The molecule has 0 spiro atoms. The first-order valence-electron chi connectivity index (χ1n) is 8.20. The van der Waals surface area contributed by atoms with Gasteiger partial charge in [0.05, 0.1) is 7.11 Å². The fraction of sp³-hybridized carbons (Fsp3) is 0.350. The van der Waals surface area contributed by atoms with Gasteiger partial charge < -0.3 is 10.1 Å². The van der Waals surface area contributed by atoms with Crippen LogP contribution in [0.4, 0.5) is 0 Å². The molecule has 128 valence electrons. The van der Waals surface area contributed by atoms with E-state index in [1.165, 1.54) is 11.1 Å². The van der Waals surface area contributed by atoms with Crippen molar-refractivity contribution in [2.24, 2.45) is 0 Å². The zero-order chi connectivity index (χ0) is 17.2. The number of rotatable bonds is 9. The Kier molecular flexibility index (Phi) is 7.69. The van der Waals surface area contributed by atoms with Gasteiger partial charge in [0.1, 0.15) is 5.75 Å². The maximum absolute atomic E-state index is 11.9. The quantitative estimate of drug-likeness (QED) is 0.700. The molecule has 1 amide bonds. The Hall–Kier alpha value is -1.94. The van der Waals surface area contributed by atoms with Crippen LogP contribution in [0, 0.1) is 6.92 Å². The lowest BCUT2D eigenvalue weighted by Gasteiger charge is -2.06. The summed E-state index contributed by atoms with van der Waals surface area (Å²) in [6.45, 7) is 2.82. The van der Waals surface area contributed by atoms with Crippen LogP contribution in [0.3, 0.4) is 0 Å². The molecule has 0 aliphatic rings. The van der Waals surface area contributed by atoms with Crippen LogP contribution in [0.1, 0.15) is 23.1 Å². The van der Waals surface area contributed by atoms with Gasteiger partial charge in [-0.15, -0.1) is 0 Å². The molecule has 2 aromatic rings. The van der Waals surface area contributed by atoms with Gasteiger partial charge in [-0.3, -0.25) is 4.79 Å². The minimum atomic E-state index is 0.113. The largest absolute Gasteiger partial charge is 0.497 e. The van der Waals surface area contributed by atoms with Gasteiger partial charge in [-0.1, -0.05) is 42.0 Å². The molecule has 0 aliphatic heterocycles. The molecule has 3 nitrogen and oxygen atoms in total.